The molecule has 2 aromatic rings. The Bertz CT molecular complexity index is 517. The second-order valence-corrected chi connectivity index (χ2v) is 5.33. The lowest BCUT2D eigenvalue weighted by Gasteiger charge is -2.07. The summed E-state index contributed by atoms with van der Waals surface area (Å²) >= 11 is 0. The SMILES string of the molecule is Cc1ccc(-c2[nH]ncc2CNCCOCC(C)C)o1. The molecule has 0 unspecified atom stereocenters. The Hall–Kier alpha value is -1.59. The molecular formula is C15H23N3O2. The zero-order valence-electron chi connectivity index (χ0n) is 12.4. The Morgan fingerprint density at radius 2 is 2.25 bits per heavy atom. The topological polar surface area (TPSA) is 63.1 Å². The van der Waals surface area contributed by atoms with E-state index >= 15 is 0 Å². The standard InChI is InChI=1S/C15H23N3O2/c1-11(2)10-19-7-6-16-8-13-9-17-18-15(13)14-5-4-12(3)20-14/h4-5,9,11,16H,6-8,10H2,1-3H3,(H,17,18). The molecule has 0 aromatic carbocycles. The number of furan rings is 1. The second-order valence-electron chi connectivity index (χ2n) is 5.33. The molecule has 2 N–H and O–H groups in total. The van der Waals surface area contributed by atoms with Crippen LogP contribution in [-0.4, -0.2) is 30.0 Å². The summed E-state index contributed by atoms with van der Waals surface area (Å²) < 4.78 is 11.1. The van der Waals surface area contributed by atoms with E-state index in [0.29, 0.717) is 5.92 Å². The summed E-state index contributed by atoms with van der Waals surface area (Å²) in [6.07, 6.45) is 1.83. The van der Waals surface area contributed by atoms with Gasteiger partial charge in [0.15, 0.2) is 5.76 Å². The van der Waals surface area contributed by atoms with Crippen molar-refractivity contribution in [3.63, 3.8) is 0 Å². The minimum Gasteiger partial charge on any atom is -0.460 e. The monoisotopic (exact) mass is 277 g/mol. The van der Waals surface area contributed by atoms with Gasteiger partial charge in [0.2, 0.25) is 0 Å². The number of nitrogens with zero attached hydrogens (tertiary/aromatic N) is 1. The molecule has 5 heteroatoms. The van der Waals surface area contributed by atoms with Gasteiger partial charge in [0, 0.05) is 25.3 Å². The van der Waals surface area contributed by atoms with E-state index in [1.54, 1.807) is 0 Å². The molecule has 5 nitrogen and oxygen atoms in total. The number of rotatable bonds is 8. The Kier molecular flexibility index (Phi) is 5.38. The maximum absolute atomic E-state index is 5.62. The van der Waals surface area contributed by atoms with Crippen LogP contribution in [0.5, 0.6) is 0 Å². The third kappa shape index (κ3) is 4.21. The van der Waals surface area contributed by atoms with Crippen molar-refractivity contribution in [2.24, 2.45) is 5.92 Å². The van der Waals surface area contributed by atoms with Gasteiger partial charge in [-0.1, -0.05) is 13.8 Å². The van der Waals surface area contributed by atoms with Crippen LogP contribution in [0.1, 0.15) is 25.2 Å². The van der Waals surface area contributed by atoms with Crippen LogP contribution >= 0.6 is 0 Å². The van der Waals surface area contributed by atoms with Crippen LogP contribution in [0.15, 0.2) is 22.7 Å². The van der Waals surface area contributed by atoms with E-state index in [1.165, 1.54) is 0 Å². The van der Waals surface area contributed by atoms with E-state index in [4.69, 9.17) is 9.15 Å². The molecule has 0 aliphatic carbocycles. The number of nitrogens with one attached hydrogen (secondary N) is 2. The van der Waals surface area contributed by atoms with Gasteiger partial charge in [0.1, 0.15) is 11.5 Å². The highest BCUT2D eigenvalue weighted by Gasteiger charge is 2.10. The summed E-state index contributed by atoms with van der Waals surface area (Å²) in [5.74, 6) is 2.31. The number of hydrogen-bond donors (Lipinski definition) is 2. The third-order valence-electron chi connectivity index (χ3n) is 2.89. The highest BCUT2D eigenvalue weighted by Crippen LogP contribution is 2.22. The van der Waals surface area contributed by atoms with E-state index in [-0.39, 0.29) is 0 Å². The van der Waals surface area contributed by atoms with Gasteiger partial charge in [0.05, 0.1) is 12.8 Å². The summed E-state index contributed by atoms with van der Waals surface area (Å²) in [7, 11) is 0. The summed E-state index contributed by atoms with van der Waals surface area (Å²) in [5.41, 5.74) is 2.04. The van der Waals surface area contributed by atoms with E-state index in [1.807, 2.05) is 25.3 Å². The molecule has 0 saturated heterocycles. The fourth-order valence-electron chi connectivity index (χ4n) is 1.91. The first-order valence-corrected chi connectivity index (χ1v) is 7.04. The Balaban J connectivity index is 1.78. The first kappa shape index (κ1) is 14.8. The lowest BCUT2D eigenvalue weighted by Crippen LogP contribution is -2.20. The van der Waals surface area contributed by atoms with Crippen molar-refractivity contribution in [1.29, 1.82) is 0 Å². The van der Waals surface area contributed by atoms with Crippen molar-refractivity contribution >= 4 is 0 Å². The number of aromatic nitrogens is 2. The largest absolute Gasteiger partial charge is 0.460 e. The molecule has 0 spiro atoms. The van der Waals surface area contributed by atoms with Gasteiger partial charge in [-0.2, -0.15) is 5.10 Å². The Labute approximate surface area is 119 Å². The van der Waals surface area contributed by atoms with Gasteiger partial charge in [-0.15, -0.1) is 0 Å². The first-order chi connectivity index (χ1) is 9.66. The lowest BCUT2D eigenvalue weighted by molar-refractivity contribution is 0.111. The highest BCUT2D eigenvalue weighted by molar-refractivity contribution is 5.56. The molecule has 110 valence electrons. The van der Waals surface area contributed by atoms with Gasteiger partial charge < -0.3 is 14.5 Å². The van der Waals surface area contributed by atoms with Gasteiger partial charge in [-0.3, -0.25) is 5.10 Å². The third-order valence-corrected chi connectivity index (χ3v) is 2.89. The molecule has 20 heavy (non-hydrogen) atoms. The summed E-state index contributed by atoms with van der Waals surface area (Å²) in [4.78, 5) is 0. The predicted molar refractivity (Wildman–Crippen MR) is 78.4 cm³/mol. The van der Waals surface area contributed by atoms with E-state index < -0.39 is 0 Å². The van der Waals surface area contributed by atoms with Crippen molar-refractivity contribution in [3.05, 3.63) is 29.7 Å². The van der Waals surface area contributed by atoms with Crippen LogP contribution in [0, 0.1) is 12.8 Å². The fraction of sp³-hybridized carbons (Fsp3) is 0.533. The lowest BCUT2D eigenvalue weighted by atomic mass is 10.2. The van der Waals surface area contributed by atoms with Crippen LogP contribution in [0.25, 0.3) is 11.5 Å². The minimum atomic E-state index is 0.581. The van der Waals surface area contributed by atoms with Crippen LogP contribution in [0.3, 0.4) is 0 Å². The molecule has 0 saturated carbocycles. The number of ether oxygens (including phenoxy) is 1. The Morgan fingerprint density at radius 3 is 2.95 bits per heavy atom. The average Bonchev–Trinajstić information content (AvgIpc) is 3.01. The molecule has 0 radical (unpaired) electrons. The molecule has 0 bridgehead atoms. The molecule has 2 heterocycles. The van der Waals surface area contributed by atoms with E-state index in [9.17, 15) is 0 Å². The number of aromatic amines is 1. The van der Waals surface area contributed by atoms with Crippen molar-refractivity contribution < 1.29 is 9.15 Å². The van der Waals surface area contributed by atoms with Crippen molar-refractivity contribution in [1.82, 2.24) is 15.5 Å². The minimum absolute atomic E-state index is 0.581. The van der Waals surface area contributed by atoms with E-state index in [0.717, 1.165) is 49.1 Å². The van der Waals surface area contributed by atoms with Crippen molar-refractivity contribution in [2.75, 3.05) is 19.8 Å². The molecule has 0 aliphatic heterocycles. The number of hydrogen-bond acceptors (Lipinski definition) is 4. The van der Waals surface area contributed by atoms with Crippen LogP contribution in [0.4, 0.5) is 0 Å². The molecule has 0 amide bonds. The molecule has 0 aliphatic rings. The van der Waals surface area contributed by atoms with Gasteiger partial charge in [-0.25, -0.2) is 0 Å². The van der Waals surface area contributed by atoms with Crippen LogP contribution in [-0.2, 0) is 11.3 Å². The summed E-state index contributed by atoms with van der Waals surface area (Å²) in [5, 5.41) is 10.4. The first-order valence-electron chi connectivity index (χ1n) is 7.04. The van der Waals surface area contributed by atoms with Crippen molar-refractivity contribution in [2.45, 2.75) is 27.3 Å². The maximum atomic E-state index is 5.62. The average molecular weight is 277 g/mol. The summed E-state index contributed by atoms with van der Waals surface area (Å²) in [6.45, 7) is 9.34. The van der Waals surface area contributed by atoms with Crippen LogP contribution in [0.2, 0.25) is 0 Å². The molecule has 2 aromatic heterocycles. The zero-order valence-corrected chi connectivity index (χ0v) is 12.4. The second kappa shape index (κ2) is 7.26. The van der Waals surface area contributed by atoms with Crippen molar-refractivity contribution in [3.8, 4) is 11.5 Å². The van der Waals surface area contributed by atoms with Crippen LogP contribution < -0.4 is 5.32 Å². The normalized spacial score (nSPS) is 11.4. The highest BCUT2D eigenvalue weighted by atomic mass is 16.5. The molecule has 0 fully saturated rings. The molecule has 2 rings (SSSR count). The predicted octanol–water partition coefficient (Wildman–Crippen LogP) is 2.74. The maximum Gasteiger partial charge on any atom is 0.152 e. The summed E-state index contributed by atoms with van der Waals surface area (Å²) in [6, 6.07) is 3.91. The van der Waals surface area contributed by atoms with E-state index in [2.05, 4.69) is 29.4 Å². The smallest absolute Gasteiger partial charge is 0.152 e. The quantitative estimate of drug-likeness (QED) is 0.728. The molecule has 0 atom stereocenters. The number of H-pyrrole nitrogens is 1. The van der Waals surface area contributed by atoms with Gasteiger partial charge >= 0.3 is 0 Å². The van der Waals surface area contributed by atoms with Gasteiger partial charge in [-0.05, 0) is 25.0 Å². The Morgan fingerprint density at radius 1 is 1.40 bits per heavy atom. The van der Waals surface area contributed by atoms with Gasteiger partial charge in [0.25, 0.3) is 0 Å². The number of aryl methyl sites for hydroxylation is 1. The molecular weight excluding hydrogens is 254 g/mol. The zero-order chi connectivity index (χ0) is 14.4. The fourth-order valence-corrected chi connectivity index (χ4v) is 1.91.